The second-order valence-electron chi connectivity index (χ2n) is 4.88. The van der Waals surface area contributed by atoms with Crippen LogP contribution >= 0.6 is 0 Å². The standard InChI is InChI=1S/C11H16O4/c1-5(2)13-11-9-7-4-3-6(14-7)8(9)10(12)15-11/h5-9,11H,3-4H2,1-2H3/t6-,7+,8-,9+,11+/m1/s1. The van der Waals surface area contributed by atoms with Crippen molar-refractivity contribution in [3.05, 3.63) is 0 Å². The lowest BCUT2D eigenvalue weighted by atomic mass is 9.80. The van der Waals surface area contributed by atoms with Gasteiger partial charge in [0.15, 0.2) is 0 Å². The molecule has 0 aliphatic carbocycles. The molecule has 0 N–H and O–H groups in total. The Balaban J connectivity index is 1.81. The third-order valence-corrected chi connectivity index (χ3v) is 3.55. The lowest BCUT2D eigenvalue weighted by Crippen LogP contribution is -2.33. The zero-order chi connectivity index (χ0) is 10.6. The summed E-state index contributed by atoms with van der Waals surface area (Å²) >= 11 is 0. The number of hydrogen-bond donors (Lipinski definition) is 0. The van der Waals surface area contributed by atoms with E-state index in [-0.39, 0.29) is 42.4 Å². The SMILES string of the molecule is CC(C)O[C@H]1OC(=O)[C@H]2[C@@H]1[C@@H]1CC[C@H]2O1. The van der Waals surface area contributed by atoms with Gasteiger partial charge in [0.1, 0.15) is 0 Å². The Morgan fingerprint density at radius 3 is 2.80 bits per heavy atom. The van der Waals surface area contributed by atoms with Gasteiger partial charge >= 0.3 is 5.97 Å². The first-order valence-electron chi connectivity index (χ1n) is 5.68. The molecule has 4 heteroatoms. The summed E-state index contributed by atoms with van der Waals surface area (Å²) in [6.45, 7) is 3.91. The number of hydrogen-bond acceptors (Lipinski definition) is 4. The van der Waals surface area contributed by atoms with Crippen LogP contribution in [0.25, 0.3) is 0 Å². The Morgan fingerprint density at radius 1 is 1.33 bits per heavy atom. The van der Waals surface area contributed by atoms with Gasteiger partial charge < -0.3 is 14.2 Å². The van der Waals surface area contributed by atoms with E-state index in [1.807, 2.05) is 13.8 Å². The Bertz CT molecular complexity index is 288. The zero-order valence-corrected chi connectivity index (χ0v) is 9.01. The van der Waals surface area contributed by atoms with Crippen LogP contribution in [-0.4, -0.2) is 30.6 Å². The van der Waals surface area contributed by atoms with Crippen molar-refractivity contribution in [2.45, 2.75) is 51.3 Å². The smallest absolute Gasteiger partial charge is 0.314 e. The van der Waals surface area contributed by atoms with Gasteiger partial charge in [0.25, 0.3) is 0 Å². The molecule has 3 aliphatic rings. The summed E-state index contributed by atoms with van der Waals surface area (Å²) in [6, 6.07) is 0. The zero-order valence-electron chi connectivity index (χ0n) is 9.01. The molecule has 3 heterocycles. The monoisotopic (exact) mass is 212 g/mol. The first-order valence-corrected chi connectivity index (χ1v) is 5.68. The molecular formula is C11H16O4. The van der Waals surface area contributed by atoms with E-state index in [9.17, 15) is 4.79 Å². The predicted molar refractivity (Wildman–Crippen MR) is 51.0 cm³/mol. The quantitative estimate of drug-likeness (QED) is 0.643. The van der Waals surface area contributed by atoms with Gasteiger partial charge in [-0.05, 0) is 26.7 Å². The van der Waals surface area contributed by atoms with Gasteiger partial charge in [-0.2, -0.15) is 0 Å². The van der Waals surface area contributed by atoms with E-state index in [0.29, 0.717) is 0 Å². The minimum absolute atomic E-state index is 0.0625. The van der Waals surface area contributed by atoms with Crippen molar-refractivity contribution in [2.24, 2.45) is 11.8 Å². The van der Waals surface area contributed by atoms with E-state index < -0.39 is 0 Å². The molecule has 0 spiro atoms. The number of ether oxygens (including phenoxy) is 3. The highest BCUT2D eigenvalue weighted by Crippen LogP contribution is 2.50. The van der Waals surface area contributed by atoms with Crippen LogP contribution in [0.4, 0.5) is 0 Å². The third kappa shape index (κ3) is 1.31. The Kier molecular flexibility index (Phi) is 2.04. The molecule has 0 aromatic heterocycles. The van der Waals surface area contributed by atoms with Crippen LogP contribution in [0.15, 0.2) is 0 Å². The van der Waals surface area contributed by atoms with Crippen LogP contribution in [-0.2, 0) is 19.0 Å². The van der Waals surface area contributed by atoms with Crippen molar-refractivity contribution < 1.29 is 19.0 Å². The summed E-state index contributed by atoms with van der Waals surface area (Å²) in [5.74, 6) is -0.0519. The molecule has 4 nitrogen and oxygen atoms in total. The fourth-order valence-corrected chi connectivity index (χ4v) is 3.03. The molecule has 0 amide bonds. The molecule has 3 fully saturated rings. The van der Waals surface area contributed by atoms with Gasteiger partial charge in [-0.25, -0.2) is 0 Å². The highest BCUT2D eigenvalue weighted by molar-refractivity contribution is 5.76. The molecule has 0 unspecified atom stereocenters. The van der Waals surface area contributed by atoms with Gasteiger partial charge in [0, 0.05) is 0 Å². The molecule has 5 atom stereocenters. The van der Waals surface area contributed by atoms with Gasteiger partial charge in [-0.1, -0.05) is 0 Å². The summed E-state index contributed by atoms with van der Waals surface area (Å²) in [5, 5.41) is 0. The predicted octanol–water partition coefficient (Wildman–Crippen LogP) is 1.09. The van der Waals surface area contributed by atoms with E-state index in [0.717, 1.165) is 12.8 Å². The molecule has 0 radical (unpaired) electrons. The van der Waals surface area contributed by atoms with Crippen LogP contribution < -0.4 is 0 Å². The number of fused-ring (bicyclic) bond motifs is 5. The fourth-order valence-electron chi connectivity index (χ4n) is 3.03. The summed E-state index contributed by atoms with van der Waals surface area (Å²) in [7, 11) is 0. The average Bonchev–Trinajstić information content (AvgIpc) is 2.78. The van der Waals surface area contributed by atoms with Crippen LogP contribution in [0, 0.1) is 11.8 Å². The Morgan fingerprint density at radius 2 is 2.07 bits per heavy atom. The first kappa shape index (κ1) is 9.60. The van der Waals surface area contributed by atoms with Crippen molar-refractivity contribution in [1.82, 2.24) is 0 Å². The molecule has 84 valence electrons. The summed E-state index contributed by atoms with van der Waals surface area (Å²) in [6.07, 6.45) is 2.01. The lowest BCUT2D eigenvalue weighted by Gasteiger charge is -2.23. The second-order valence-corrected chi connectivity index (χ2v) is 4.88. The van der Waals surface area contributed by atoms with E-state index >= 15 is 0 Å². The fraction of sp³-hybridized carbons (Fsp3) is 0.909. The maximum Gasteiger partial charge on any atom is 0.314 e. The van der Waals surface area contributed by atoms with E-state index in [2.05, 4.69) is 0 Å². The highest BCUT2D eigenvalue weighted by Gasteiger charge is 2.61. The van der Waals surface area contributed by atoms with Crippen LogP contribution in [0.3, 0.4) is 0 Å². The molecule has 3 saturated heterocycles. The van der Waals surface area contributed by atoms with Crippen molar-refractivity contribution in [2.75, 3.05) is 0 Å². The van der Waals surface area contributed by atoms with E-state index in [1.165, 1.54) is 0 Å². The molecule has 2 bridgehead atoms. The van der Waals surface area contributed by atoms with Crippen molar-refractivity contribution in [3.63, 3.8) is 0 Å². The van der Waals surface area contributed by atoms with Crippen molar-refractivity contribution >= 4 is 5.97 Å². The third-order valence-electron chi connectivity index (χ3n) is 3.55. The molecular weight excluding hydrogens is 196 g/mol. The van der Waals surface area contributed by atoms with Crippen molar-refractivity contribution in [1.29, 1.82) is 0 Å². The minimum atomic E-state index is -0.377. The number of rotatable bonds is 2. The lowest BCUT2D eigenvalue weighted by molar-refractivity contribution is -0.183. The number of cyclic esters (lactones) is 1. The average molecular weight is 212 g/mol. The van der Waals surface area contributed by atoms with E-state index in [4.69, 9.17) is 14.2 Å². The van der Waals surface area contributed by atoms with Crippen LogP contribution in [0.1, 0.15) is 26.7 Å². The summed E-state index contributed by atoms with van der Waals surface area (Å²) in [4.78, 5) is 11.7. The second kappa shape index (κ2) is 3.19. The van der Waals surface area contributed by atoms with Crippen molar-refractivity contribution in [3.8, 4) is 0 Å². The van der Waals surface area contributed by atoms with Gasteiger partial charge in [-0.15, -0.1) is 0 Å². The first-order chi connectivity index (χ1) is 7.16. The molecule has 15 heavy (non-hydrogen) atoms. The maximum absolute atomic E-state index is 11.7. The number of esters is 1. The molecule has 0 aromatic carbocycles. The van der Waals surface area contributed by atoms with Gasteiger partial charge in [-0.3, -0.25) is 4.79 Å². The molecule has 0 aromatic rings. The Hall–Kier alpha value is -0.610. The summed E-state index contributed by atoms with van der Waals surface area (Å²) < 4.78 is 16.6. The number of carbonyl (C=O) groups is 1. The molecule has 0 saturated carbocycles. The van der Waals surface area contributed by atoms with Crippen LogP contribution in [0.2, 0.25) is 0 Å². The highest BCUT2D eigenvalue weighted by atomic mass is 16.7. The minimum Gasteiger partial charge on any atom is -0.435 e. The maximum atomic E-state index is 11.7. The normalized spacial score (nSPS) is 47.4. The van der Waals surface area contributed by atoms with Gasteiger partial charge in [0.2, 0.25) is 6.29 Å². The van der Waals surface area contributed by atoms with E-state index in [1.54, 1.807) is 0 Å². The molecule has 3 rings (SSSR count). The molecule has 3 aliphatic heterocycles. The number of carbonyl (C=O) groups excluding carboxylic acids is 1. The largest absolute Gasteiger partial charge is 0.435 e. The Labute approximate surface area is 88.9 Å². The van der Waals surface area contributed by atoms with Gasteiger partial charge in [0.05, 0.1) is 30.1 Å². The topological polar surface area (TPSA) is 44.8 Å². The van der Waals surface area contributed by atoms with Crippen LogP contribution in [0.5, 0.6) is 0 Å². The summed E-state index contributed by atoms with van der Waals surface area (Å²) in [5.41, 5.74) is 0.